The number of hydrogen-bond donors (Lipinski definition) is 1. The Labute approximate surface area is 97.2 Å². The molecule has 2 rings (SSSR count). The van der Waals surface area contributed by atoms with Gasteiger partial charge in [0.2, 0.25) is 0 Å². The van der Waals surface area contributed by atoms with Crippen molar-refractivity contribution in [3.05, 3.63) is 0 Å². The van der Waals surface area contributed by atoms with E-state index in [1.54, 1.807) is 0 Å². The van der Waals surface area contributed by atoms with Gasteiger partial charge in [-0.2, -0.15) is 0 Å². The number of ether oxygens (including phenoxy) is 1. The second-order valence-corrected chi connectivity index (χ2v) is 5.20. The zero-order chi connectivity index (χ0) is 11.4. The first-order valence-electron chi connectivity index (χ1n) is 6.62. The molecule has 16 heavy (non-hydrogen) atoms. The third kappa shape index (κ3) is 2.97. The summed E-state index contributed by atoms with van der Waals surface area (Å²) in [4.78, 5) is 11.1. The number of carboxylic acids is 1. The summed E-state index contributed by atoms with van der Waals surface area (Å²) in [5.41, 5.74) is 0. The molecule has 1 saturated heterocycles. The van der Waals surface area contributed by atoms with Gasteiger partial charge in [0.15, 0.2) is 0 Å². The van der Waals surface area contributed by atoms with E-state index >= 15 is 0 Å². The van der Waals surface area contributed by atoms with Crippen LogP contribution in [0.25, 0.3) is 0 Å². The molecule has 1 N–H and O–H groups in total. The van der Waals surface area contributed by atoms with E-state index in [9.17, 15) is 4.79 Å². The van der Waals surface area contributed by atoms with Gasteiger partial charge in [0.25, 0.3) is 0 Å². The van der Waals surface area contributed by atoms with Crippen LogP contribution >= 0.6 is 0 Å². The summed E-state index contributed by atoms with van der Waals surface area (Å²) in [5.74, 6) is -0.275. The molecule has 3 unspecified atom stereocenters. The van der Waals surface area contributed by atoms with Crippen molar-refractivity contribution in [1.29, 1.82) is 0 Å². The van der Waals surface area contributed by atoms with Gasteiger partial charge in [-0.15, -0.1) is 0 Å². The highest BCUT2D eigenvalue weighted by Gasteiger charge is 2.31. The monoisotopic (exact) mass is 226 g/mol. The van der Waals surface area contributed by atoms with Crippen molar-refractivity contribution in [1.82, 2.24) is 0 Å². The van der Waals surface area contributed by atoms with Crippen molar-refractivity contribution in [3.8, 4) is 0 Å². The molecule has 0 amide bonds. The van der Waals surface area contributed by atoms with Crippen LogP contribution in [0.4, 0.5) is 0 Å². The molecule has 3 atom stereocenters. The van der Waals surface area contributed by atoms with Gasteiger partial charge in [0, 0.05) is 6.61 Å². The van der Waals surface area contributed by atoms with Crippen molar-refractivity contribution < 1.29 is 14.6 Å². The normalized spacial score (nSPS) is 35.1. The van der Waals surface area contributed by atoms with E-state index in [0.29, 0.717) is 12.0 Å². The van der Waals surface area contributed by atoms with Gasteiger partial charge in [-0.3, -0.25) is 4.79 Å². The SMILES string of the molecule is O=C(O)C1CCCCC1CCC1CCCO1. The van der Waals surface area contributed by atoms with E-state index in [-0.39, 0.29) is 5.92 Å². The Balaban J connectivity index is 1.78. The quantitative estimate of drug-likeness (QED) is 0.801. The number of aliphatic carboxylic acids is 1. The predicted octanol–water partition coefficient (Wildman–Crippen LogP) is 2.84. The Morgan fingerprint density at radius 3 is 2.62 bits per heavy atom. The fraction of sp³-hybridized carbons (Fsp3) is 0.923. The molecule has 1 heterocycles. The van der Waals surface area contributed by atoms with Crippen LogP contribution in [0, 0.1) is 11.8 Å². The van der Waals surface area contributed by atoms with Crippen LogP contribution in [0.1, 0.15) is 51.4 Å². The lowest BCUT2D eigenvalue weighted by molar-refractivity contribution is -0.145. The highest BCUT2D eigenvalue weighted by Crippen LogP contribution is 2.34. The number of carbonyl (C=O) groups is 1. The average molecular weight is 226 g/mol. The summed E-state index contributed by atoms with van der Waals surface area (Å²) in [5, 5.41) is 9.17. The third-order valence-corrected chi connectivity index (χ3v) is 4.11. The minimum absolute atomic E-state index is 0.0878. The van der Waals surface area contributed by atoms with Crippen molar-refractivity contribution >= 4 is 5.97 Å². The van der Waals surface area contributed by atoms with E-state index < -0.39 is 5.97 Å². The molecule has 0 bridgehead atoms. The predicted molar refractivity (Wildman–Crippen MR) is 61.3 cm³/mol. The fourth-order valence-electron chi connectivity index (χ4n) is 3.15. The molecule has 92 valence electrons. The van der Waals surface area contributed by atoms with Gasteiger partial charge < -0.3 is 9.84 Å². The Morgan fingerprint density at radius 1 is 1.12 bits per heavy atom. The highest BCUT2D eigenvalue weighted by molar-refractivity contribution is 5.70. The summed E-state index contributed by atoms with van der Waals surface area (Å²) in [7, 11) is 0. The van der Waals surface area contributed by atoms with Crippen LogP contribution < -0.4 is 0 Å². The molecule has 1 saturated carbocycles. The summed E-state index contributed by atoms with van der Waals surface area (Å²) in [6.07, 6.45) is 9.15. The highest BCUT2D eigenvalue weighted by atomic mass is 16.5. The molecule has 2 aliphatic rings. The lowest BCUT2D eigenvalue weighted by Crippen LogP contribution is -2.27. The van der Waals surface area contributed by atoms with Gasteiger partial charge in [0.1, 0.15) is 0 Å². The molecule has 2 fully saturated rings. The molecule has 0 aromatic rings. The first-order chi connectivity index (χ1) is 7.77. The maximum atomic E-state index is 11.1. The zero-order valence-electron chi connectivity index (χ0n) is 9.86. The molecule has 0 radical (unpaired) electrons. The first kappa shape index (κ1) is 11.9. The lowest BCUT2D eigenvalue weighted by Gasteiger charge is -2.29. The Bertz CT molecular complexity index is 233. The van der Waals surface area contributed by atoms with Crippen LogP contribution in [0.15, 0.2) is 0 Å². The van der Waals surface area contributed by atoms with Crippen molar-refractivity contribution in [2.75, 3.05) is 6.61 Å². The zero-order valence-corrected chi connectivity index (χ0v) is 9.86. The second kappa shape index (κ2) is 5.67. The van der Waals surface area contributed by atoms with E-state index in [1.165, 1.54) is 19.3 Å². The minimum Gasteiger partial charge on any atom is -0.481 e. The standard InChI is InChI=1S/C13H22O3/c14-13(15)12-6-2-1-4-10(12)7-8-11-5-3-9-16-11/h10-12H,1-9H2,(H,14,15). The van der Waals surface area contributed by atoms with Crippen molar-refractivity contribution in [2.45, 2.75) is 57.5 Å². The van der Waals surface area contributed by atoms with E-state index in [2.05, 4.69) is 0 Å². The largest absolute Gasteiger partial charge is 0.481 e. The van der Waals surface area contributed by atoms with Crippen LogP contribution in [-0.2, 0) is 9.53 Å². The lowest BCUT2D eigenvalue weighted by atomic mass is 9.76. The Kier molecular flexibility index (Phi) is 4.22. The van der Waals surface area contributed by atoms with Gasteiger partial charge in [-0.1, -0.05) is 12.8 Å². The number of hydrogen-bond acceptors (Lipinski definition) is 2. The smallest absolute Gasteiger partial charge is 0.306 e. The summed E-state index contributed by atoms with van der Waals surface area (Å²) in [6, 6.07) is 0. The number of rotatable bonds is 4. The van der Waals surface area contributed by atoms with Gasteiger partial charge in [-0.25, -0.2) is 0 Å². The first-order valence-corrected chi connectivity index (χ1v) is 6.62. The van der Waals surface area contributed by atoms with E-state index in [1.807, 2.05) is 0 Å². The average Bonchev–Trinajstić information content (AvgIpc) is 2.79. The van der Waals surface area contributed by atoms with E-state index in [4.69, 9.17) is 9.84 Å². The summed E-state index contributed by atoms with van der Waals surface area (Å²) < 4.78 is 5.59. The molecule has 3 nitrogen and oxygen atoms in total. The summed E-state index contributed by atoms with van der Waals surface area (Å²) >= 11 is 0. The Hall–Kier alpha value is -0.570. The third-order valence-electron chi connectivity index (χ3n) is 4.11. The second-order valence-electron chi connectivity index (χ2n) is 5.20. The number of carboxylic acid groups (broad SMARTS) is 1. The Morgan fingerprint density at radius 2 is 1.94 bits per heavy atom. The summed E-state index contributed by atoms with van der Waals surface area (Å²) in [6.45, 7) is 0.900. The van der Waals surface area contributed by atoms with Crippen molar-refractivity contribution in [2.24, 2.45) is 11.8 Å². The molecule has 0 aromatic carbocycles. The maximum absolute atomic E-state index is 11.1. The van der Waals surface area contributed by atoms with Crippen molar-refractivity contribution in [3.63, 3.8) is 0 Å². The molecule has 3 heteroatoms. The molecule has 1 aliphatic carbocycles. The van der Waals surface area contributed by atoms with Gasteiger partial charge in [-0.05, 0) is 44.4 Å². The van der Waals surface area contributed by atoms with Crippen LogP contribution in [0.2, 0.25) is 0 Å². The molecular formula is C13H22O3. The van der Waals surface area contributed by atoms with Crippen LogP contribution in [-0.4, -0.2) is 23.8 Å². The molecular weight excluding hydrogens is 204 g/mol. The van der Waals surface area contributed by atoms with Crippen LogP contribution in [0.3, 0.4) is 0 Å². The minimum atomic E-state index is -0.586. The fourth-order valence-corrected chi connectivity index (χ4v) is 3.15. The van der Waals surface area contributed by atoms with Gasteiger partial charge >= 0.3 is 5.97 Å². The van der Waals surface area contributed by atoms with Gasteiger partial charge in [0.05, 0.1) is 12.0 Å². The molecule has 1 aliphatic heterocycles. The van der Waals surface area contributed by atoms with E-state index in [0.717, 1.165) is 38.7 Å². The molecule has 0 aromatic heterocycles. The maximum Gasteiger partial charge on any atom is 0.306 e. The topological polar surface area (TPSA) is 46.5 Å². The molecule has 0 spiro atoms. The van der Waals surface area contributed by atoms with Crippen LogP contribution in [0.5, 0.6) is 0 Å².